The molecule has 1 N–H and O–H groups in total. The number of aryl methyl sites for hydroxylation is 1. The van der Waals surface area contributed by atoms with E-state index in [4.69, 9.17) is 0 Å². The summed E-state index contributed by atoms with van der Waals surface area (Å²) in [4.78, 5) is 26.4. The molecule has 1 aromatic heterocycles. The predicted molar refractivity (Wildman–Crippen MR) is 99.8 cm³/mol. The first-order valence-electron chi connectivity index (χ1n) is 8.34. The molecule has 0 spiro atoms. The largest absolute Gasteiger partial charge is 0.336 e. The van der Waals surface area contributed by atoms with Gasteiger partial charge in [-0.15, -0.1) is 0 Å². The molecular weight excluding hydrogens is 347 g/mol. The van der Waals surface area contributed by atoms with Crippen LogP contribution < -0.4 is 5.32 Å². The number of nitrogens with one attached hydrogen (secondary N) is 1. The highest BCUT2D eigenvalue weighted by Gasteiger charge is 2.18. The van der Waals surface area contributed by atoms with Gasteiger partial charge in [0.25, 0.3) is 11.8 Å². The number of aromatic nitrogens is 2. The lowest BCUT2D eigenvalue weighted by atomic mass is 10.2. The molecule has 0 fully saturated rings. The second-order valence-electron chi connectivity index (χ2n) is 6.15. The molecule has 0 bridgehead atoms. The fourth-order valence-electron chi connectivity index (χ4n) is 2.60. The summed E-state index contributed by atoms with van der Waals surface area (Å²) in [6.45, 7) is 0.321. The molecule has 6 nitrogen and oxygen atoms in total. The van der Waals surface area contributed by atoms with Gasteiger partial charge in [0.15, 0.2) is 5.69 Å². The number of halogens is 1. The van der Waals surface area contributed by atoms with Crippen molar-refractivity contribution in [2.24, 2.45) is 7.05 Å². The second-order valence-corrected chi connectivity index (χ2v) is 6.15. The minimum absolute atomic E-state index is 0.213. The lowest BCUT2D eigenvalue weighted by molar-refractivity contribution is 0.0778. The number of hydrogen-bond donors (Lipinski definition) is 1. The van der Waals surface area contributed by atoms with E-state index in [1.165, 1.54) is 27.8 Å². The van der Waals surface area contributed by atoms with Crippen molar-refractivity contribution in [3.63, 3.8) is 0 Å². The number of anilines is 1. The average Bonchev–Trinajstić information content (AvgIpc) is 3.04. The molecule has 0 aliphatic carbocycles. The molecular formula is C20H19FN4O2. The Morgan fingerprint density at radius 2 is 1.78 bits per heavy atom. The third-order valence-electron chi connectivity index (χ3n) is 4.06. The maximum atomic E-state index is 13.0. The van der Waals surface area contributed by atoms with Crippen LogP contribution in [0.5, 0.6) is 0 Å². The summed E-state index contributed by atoms with van der Waals surface area (Å²) >= 11 is 0. The van der Waals surface area contributed by atoms with Gasteiger partial charge in [-0.25, -0.2) is 4.39 Å². The number of rotatable bonds is 5. The van der Waals surface area contributed by atoms with E-state index in [2.05, 4.69) is 10.4 Å². The van der Waals surface area contributed by atoms with E-state index in [0.29, 0.717) is 17.9 Å². The highest BCUT2D eigenvalue weighted by molar-refractivity contribution is 6.04. The number of nitrogens with zero attached hydrogens (tertiary/aromatic N) is 3. The molecule has 3 aromatic rings. The van der Waals surface area contributed by atoms with Crippen LogP contribution in [0, 0.1) is 5.82 Å². The minimum atomic E-state index is -0.323. The lowest BCUT2D eigenvalue weighted by Gasteiger charge is -2.15. The predicted octanol–water partition coefficient (Wildman–Crippen LogP) is 3.08. The summed E-state index contributed by atoms with van der Waals surface area (Å²) in [5, 5.41) is 6.93. The van der Waals surface area contributed by atoms with E-state index < -0.39 is 0 Å². The first-order chi connectivity index (χ1) is 12.9. The summed E-state index contributed by atoms with van der Waals surface area (Å²) in [7, 11) is 3.29. The van der Waals surface area contributed by atoms with Crippen molar-refractivity contribution in [3.8, 4) is 0 Å². The average molecular weight is 366 g/mol. The van der Waals surface area contributed by atoms with Gasteiger partial charge in [-0.1, -0.05) is 30.3 Å². The third kappa shape index (κ3) is 4.38. The zero-order chi connectivity index (χ0) is 19.4. The van der Waals surface area contributed by atoms with Crippen molar-refractivity contribution in [1.82, 2.24) is 14.7 Å². The Morgan fingerprint density at radius 3 is 2.44 bits per heavy atom. The van der Waals surface area contributed by atoms with Gasteiger partial charge in [0, 0.05) is 32.3 Å². The van der Waals surface area contributed by atoms with Crippen molar-refractivity contribution in [3.05, 3.63) is 83.3 Å². The minimum Gasteiger partial charge on any atom is -0.336 e. The standard InChI is InChI=1S/C20H19FN4O2/c1-24(13-14-8-10-16(21)11-9-14)20(27)17-12-18(25(2)23-17)22-19(26)15-6-4-3-5-7-15/h3-12H,13H2,1-2H3,(H,22,26). The maximum absolute atomic E-state index is 13.0. The van der Waals surface area contributed by atoms with Gasteiger partial charge in [0.05, 0.1) is 0 Å². The third-order valence-corrected chi connectivity index (χ3v) is 4.06. The molecule has 1 heterocycles. The summed E-state index contributed by atoms with van der Waals surface area (Å²) in [5.41, 5.74) is 1.53. The topological polar surface area (TPSA) is 67.2 Å². The molecule has 0 radical (unpaired) electrons. The van der Waals surface area contributed by atoms with Crippen molar-refractivity contribution in [2.75, 3.05) is 12.4 Å². The smallest absolute Gasteiger partial charge is 0.274 e. The van der Waals surface area contributed by atoms with Crippen LogP contribution in [0.3, 0.4) is 0 Å². The van der Waals surface area contributed by atoms with Gasteiger partial charge in [-0.2, -0.15) is 5.10 Å². The molecule has 0 aliphatic rings. The van der Waals surface area contributed by atoms with E-state index in [1.807, 2.05) is 6.07 Å². The van der Waals surface area contributed by atoms with Crippen LogP contribution >= 0.6 is 0 Å². The molecule has 0 atom stereocenters. The Morgan fingerprint density at radius 1 is 1.11 bits per heavy atom. The fourth-order valence-corrected chi connectivity index (χ4v) is 2.60. The molecule has 0 unspecified atom stereocenters. The second kappa shape index (κ2) is 7.82. The van der Waals surface area contributed by atoms with Crippen molar-refractivity contribution >= 4 is 17.6 Å². The van der Waals surface area contributed by atoms with Crippen molar-refractivity contribution in [2.45, 2.75) is 6.54 Å². The Balaban J connectivity index is 1.70. The van der Waals surface area contributed by atoms with Crippen LogP contribution in [0.15, 0.2) is 60.7 Å². The summed E-state index contributed by atoms with van der Waals surface area (Å²) in [6.07, 6.45) is 0. The molecule has 7 heteroatoms. The number of carbonyl (C=O) groups is 2. The molecule has 3 rings (SSSR count). The first-order valence-corrected chi connectivity index (χ1v) is 8.34. The van der Waals surface area contributed by atoms with Gasteiger partial charge >= 0.3 is 0 Å². The van der Waals surface area contributed by atoms with Crippen LogP contribution in [-0.2, 0) is 13.6 Å². The Bertz CT molecular complexity index is 952. The molecule has 0 saturated carbocycles. The maximum Gasteiger partial charge on any atom is 0.274 e. The summed E-state index contributed by atoms with van der Waals surface area (Å²) in [6, 6.07) is 16.3. The molecule has 0 saturated heterocycles. The Labute approximate surface area is 156 Å². The van der Waals surface area contributed by atoms with Crippen LogP contribution in [0.25, 0.3) is 0 Å². The molecule has 2 amide bonds. The number of carbonyl (C=O) groups excluding carboxylic acids is 2. The zero-order valence-electron chi connectivity index (χ0n) is 15.0. The Kier molecular flexibility index (Phi) is 5.30. The quantitative estimate of drug-likeness (QED) is 0.755. The van der Waals surface area contributed by atoms with E-state index >= 15 is 0 Å². The lowest BCUT2D eigenvalue weighted by Crippen LogP contribution is -2.26. The van der Waals surface area contributed by atoms with E-state index in [9.17, 15) is 14.0 Å². The van der Waals surface area contributed by atoms with Crippen LogP contribution in [0.1, 0.15) is 26.4 Å². The van der Waals surface area contributed by atoms with E-state index in [1.54, 1.807) is 50.5 Å². The SMILES string of the molecule is CN(Cc1ccc(F)cc1)C(=O)c1cc(NC(=O)c2ccccc2)n(C)n1. The normalized spacial score (nSPS) is 10.5. The van der Waals surface area contributed by atoms with Crippen molar-refractivity contribution < 1.29 is 14.0 Å². The highest BCUT2D eigenvalue weighted by Crippen LogP contribution is 2.14. The van der Waals surface area contributed by atoms with Gasteiger partial charge in [-0.3, -0.25) is 14.3 Å². The molecule has 2 aromatic carbocycles. The summed E-state index contributed by atoms with van der Waals surface area (Å²) < 4.78 is 14.4. The number of amides is 2. The number of hydrogen-bond acceptors (Lipinski definition) is 3. The van der Waals surface area contributed by atoms with E-state index in [0.717, 1.165) is 5.56 Å². The van der Waals surface area contributed by atoms with Gasteiger partial charge in [-0.05, 0) is 29.8 Å². The first kappa shape index (κ1) is 18.3. The molecule has 138 valence electrons. The zero-order valence-corrected chi connectivity index (χ0v) is 15.0. The highest BCUT2D eigenvalue weighted by atomic mass is 19.1. The Hall–Kier alpha value is -3.48. The monoisotopic (exact) mass is 366 g/mol. The number of benzene rings is 2. The van der Waals surface area contributed by atoms with Crippen molar-refractivity contribution in [1.29, 1.82) is 0 Å². The fraction of sp³-hybridized carbons (Fsp3) is 0.150. The van der Waals surface area contributed by atoms with Crippen LogP contribution in [0.2, 0.25) is 0 Å². The van der Waals surface area contributed by atoms with Gasteiger partial charge < -0.3 is 10.2 Å². The van der Waals surface area contributed by atoms with Gasteiger partial charge in [0.2, 0.25) is 0 Å². The van der Waals surface area contributed by atoms with Crippen LogP contribution in [0.4, 0.5) is 10.2 Å². The van der Waals surface area contributed by atoms with Gasteiger partial charge in [0.1, 0.15) is 11.6 Å². The van der Waals surface area contributed by atoms with E-state index in [-0.39, 0.29) is 23.3 Å². The molecule has 0 aliphatic heterocycles. The molecule has 27 heavy (non-hydrogen) atoms. The summed E-state index contributed by atoms with van der Waals surface area (Å²) in [5.74, 6) is -0.481. The van der Waals surface area contributed by atoms with Crippen LogP contribution in [-0.4, -0.2) is 33.5 Å².